The van der Waals surface area contributed by atoms with Gasteiger partial charge in [-0.1, -0.05) is 79.8 Å². The lowest BCUT2D eigenvalue weighted by Crippen LogP contribution is -2.14. The van der Waals surface area contributed by atoms with Crippen molar-refractivity contribution in [1.82, 2.24) is 4.98 Å². The zero-order chi connectivity index (χ0) is 20.8. The van der Waals surface area contributed by atoms with Gasteiger partial charge in [0.05, 0.1) is 18.7 Å². The third-order valence-electron chi connectivity index (χ3n) is 4.39. The lowest BCUT2D eigenvalue weighted by atomic mass is 10.0. The number of carbonyl (C=O) groups is 2. The molecule has 29 heavy (non-hydrogen) atoms. The van der Waals surface area contributed by atoms with Crippen LogP contribution in [-0.2, 0) is 16.0 Å². The van der Waals surface area contributed by atoms with E-state index in [2.05, 4.69) is 24.1 Å². The normalized spacial score (nSPS) is 10.8. The summed E-state index contributed by atoms with van der Waals surface area (Å²) in [6.07, 6.45) is 0.243. The number of aromatic nitrogens is 1. The van der Waals surface area contributed by atoms with Gasteiger partial charge in [-0.15, -0.1) is 0 Å². The van der Waals surface area contributed by atoms with E-state index in [1.807, 2.05) is 54.6 Å². The highest BCUT2D eigenvalue weighted by molar-refractivity contribution is 7.18. The second-order valence-electron chi connectivity index (χ2n) is 6.90. The Labute approximate surface area is 174 Å². The van der Waals surface area contributed by atoms with E-state index in [4.69, 9.17) is 4.74 Å². The minimum absolute atomic E-state index is 0.175. The Morgan fingerprint density at radius 3 is 2.38 bits per heavy atom. The van der Waals surface area contributed by atoms with Crippen LogP contribution in [0.5, 0.6) is 0 Å². The van der Waals surface area contributed by atoms with Gasteiger partial charge >= 0.3 is 5.97 Å². The van der Waals surface area contributed by atoms with Gasteiger partial charge in [-0.2, -0.15) is 0 Å². The van der Waals surface area contributed by atoms with Crippen molar-refractivity contribution in [3.05, 3.63) is 70.6 Å². The lowest BCUT2D eigenvalue weighted by Gasteiger charge is -2.06. The highest BCUT2D eigenvalue weighted by Crippen LogP contribution is 2.32. The van der Waals surface area contributed by atoms with Gasteiger partial charge in [0.1, 0.15) is 4.88 Å². The van der Waals surface area contributed by atoms with E-state index in [0.29, 0.717) is 21.6 Å². The summed E-state index contributed by atoms with van der Waals surface area (Å²) < 4.78 is 5.15. The fourth-order valence-corrected chi connectivity index (χ4v) is 3.77. The summed E-state index contributed by atoms with van der Waals surface area (Å²) >= 11 is 1.13. The summed E-state index contributed by atoms with van der Waals surface area (Å²) in [5, 5.41) is 3.20. The van der Waals surface area contributed by atoms with Gasteiger partial charge in [0.2, 0.25) is 5.91 Å². The summed E-state index contributed by atoms with van der Waals surface area (Å²) in [5.41, 5.74) is 3.49. The fraction of sp³-hybridized carbons (Fsp3) is 0.261. The van der Waals surface area contributed by atoms with E-state index in [0.717, 1.165) is 22.5 Å². The Hall–Kier alpha value is -2.99. The highest BCUT2D eigenvalue weighted by Gasteiger charge is 2.21. The van der Waals surface area contributed by atoms with Crippen molar-refractivity contribution >= 4 is 28.3 Å². The molecule has 0 atom stereocenters. The molecule has 0 radical (unpaired) electrons. The van der Waals surface area contributed by atoms with Crippen LogP contribution in [0.3, 0.4) is 0 Å². The van der Waals surface area contributed by atoms with Crippen molar-refractivity contribution in [2.45, 2.75) is 33.1 Å². The van der Waals surface area contributed by atoms with Crippen molar-refractivity contribution in [3.63, 3.8) is 0 Å². The predicted octanol–water partition coefficient (Wildman–Crippen LogP) is 5.29. The van der Waals surface area contributed by atoms with Gasteiger partial charge in [-0.3, -0.25) is 4.79 Å². The molecule has 3 rings (SSSR count). The second-order valence-corrected chi connectivity index (χ2v) is 7.90. The largest absolute Gasteiger partial charge is 0.462 e. The van der Waals surface area contributed by atoms with Gasteiger partial charge in [0.25, 0.3) is 0 Å². The minimum atomic E-state index is -0.436. The molecule has 0 fully saturated rings. The fourth-order valence-electron chi connectivity index (χ4n) is 2.87. The number of hydrogen-bond acceptors (Lipinski definition) is 5. The number of benzene rings is 2. The minimum Gasteiger partial charge on any atom is -0.462 e. The molecule has 0 saturated carbocycles. The van der Waals surface area contributed by atoms with Crippen LogP contribution in [0.1, 0.15) is 47.5 Å². The van der Waals surface area contributed by atoms with Crippen LogP contribution in [0.4, 0.5) is 5.13 Å². The van der Waals surface area contributed by atoms with Gasteiger partial charge < -0.3 is 10.1 Å². The quantitative estimate of drug-likeness (QED) is 0.539. The van der Waals surface area contributed by atoms with Crippen molar-refractivity contribution < 1.29 is 14.3 Å². The number of thiazole rings is 1. The molecule has 0 aliphatic heterocycles. The molecule has 0 aliphatic rings. The van der Waals surface area contributed by atoms with Crippen LogP contribution >= 0.6 is 11.3 Å². The van der Waals surface area contributed by atoms with Gasteiger partial charge in [-0.05, 0) is 24.0 Å². The Bertz CT molecular complexity index is 979. The molecule has 5 nitrogen and oxygen atoms in total. The molecule has 1 N–H and O–H groups in total. The zero-order valence-electron chi connectivity index (χ0n) is 16.8. The molecular weight excluding hydrogens is 384 g/mol. The highest BCUT2D eigenvalue weighted by atomic mass is 32.1. The average Bonchev–Trinajstić information content (AvgIpc) is 3.13. The number of nitrogens with one attached hydrogen (secondary N) is 1. The lowest BCUT2D eigenvalue weighted by molar-refractivity contribution is -0.115. The van der Waals surface area contributed by atoms with E-state index in [1.165, 1.54) is 5.56 Å². The average molecular weight is 409 g/mol. The van der Waals surface area contributed by atoms with Crippen LogP contribution in [0.15, 0.2) is 54.6 Å². The number of rotatable bonds is 7. The first kappa shape index (κ1) is 20.7. The number of nitrogens with zero attached hydrogens (tertiary/aromatic N) is 1. The SMILES string of the molecule is CCOC(=O)c1sc(NC(=O)Cc2ccc(C(C)C)cc2)nc1-c1ccccc1. The number of esters is 1. The van der Waals surface area contributed by atoms with Crippen LogP contribution < -0.4 is 5.32 Å². The predicted molar refractivity (Wildman–Crippen MR) is 116 cm³/mol. The van der Waals surface area contributed by atoms with Crippen LogP contribution in [0.2, 0.25) is 0 Å². The number of carbonyl (C=O) groups excluding carboxylic acids is 2. The number of amides is 1. The van der Waals surface area contributed by atoms with Crippen molar-refractivity contribution in [3.8, 4) is 11.3 Å². The first-order chi connectivity index (χ1) is 14.0. The summed E-state index contributed by atoms with van der Waals surface area (Å²) in [6, 6.07) is 17.4. The summed E-state index contributed by atoms with van der Waals surface area (Å²) in [6.45, 7) is 6.30. The topological polar surface area (TPSA) is 68.3 Å². The maximum absolute atomic E-state index is 12.5. The Morgan fingerprint density at radius 1 is 1.07 bits per heavy atom. The molecule has 1 aromatic heterocycles. The molecule has 1 heterocycles. The molecule has 0 unspecified atom stereocenters. The van der Waals surface area contributed by atoms with Gasteiger partial charge in [-0.25, -0.2) is 9.78 Å². The summed E-state index contributed by atoms with van der Waals surface area (Å²) in [5.74, 6) is -0.161. The van der Waals surface area contributed by atoms with E-state index in [9.17, 15) is 9.59 Å². The number of hydrogen-bond donors (Lipinski definition) is 1. The van der Waals surface area contributed by atoms with Crippen LogP contribution in [0.25, 0.3) is 11.3 Å². The smallest absolute Gasteiger partial charge is 0.350 e. The molecule has 0 bridgehead atoms. The molecule has 0 spiro atoms. The molecule has 0 aliphatic carbocycles. The van der Waals surface area contributed by atoms with E-state index in [1.54, 1.807) is 6.92 Å². The van der Waals surface area contributed by atoms with Crippen molar-refractivity contribution in [1.29, 1.82) is 0 Å². The Kier molecular flexibility index (Phi) is 6.77. The maximum Gasteiger partial charge on any atom is 0.350 e. The Balaban J connectivity index is 1.78. The molecule has 2 aromatic carbocycles. The third-order valence-corrected chi connectivity index (χ3v) is 5.34. The standard InChI is InChI=1S/C23H24N2O3S/c1-4-28-22(27)21-20(18-8-6-5-7-9-18)25-23(29-21)24-19(26)14-16-10-12-17(13-11-16)15(2)3/h5-13,15H,4,14H2,1-3H3,(H,24,25,26). The van der Waals surface area contributed by atoms with Gasteiger partial charge in [0.15, 0.2) is 5.13 Å². The number of anilines is 1. The van der Waals surface area contributed by atoms with Crippen molar-refractivity contribution in [2.24, 2.45) is 0 Å². The van der Waals surface area contributed by atoms with Crippen LogP contribution in [0, 0.1) is 0 Å². The van der Waals surface area contributed by atoms with E-state index < -0.39 is 5.97 Å². The molecular formula is C23H24N2O3S. The maximum atomic E-state index is 12.5. The Morgan fingerprint density at radius 2 is 1.76 bits per heavy atom. The molecule has 150 valence electrons. The molecule has 3 aromatic rings. The van der Waals surface area contributed by atoms with E-state index >= 15 is 0 Å². The number of ether oxygens (including phenoxy) is 1. The third kappa shape index (κ3) is 5.29. The van der Waals surface area contributed by atoms with E-state index in [-0.39, 0.29) is 18.9 Å². The van der Waals surface area contributed by atoms with Crippen LogP contribution in [-0.4, -0.2) is 23.5 Å². The summed E-state index contributed by atoms with van der Waals surface area (Å²) in [7, 11) is 0. The molecule has 0 saturated heterocycles. The first-order valence-electron chi connectivity index (χ1n) is 9.60. The monoisotopic (exact) mass is 408 g/mol. The van der Waals surface area contributed by atoms with Gasteiger partial charge in [0, 0.05) is 5.56 Å². The zero-order valence-corrected chi connectivity index (χ0v) is 17.6. The molecule has 1 amide bonds. The second kappa shape index (κ2) is 9.47. The summed E-state index contributed by atoms with van der Waals surface area (Å²) in [4.78, 5) is 29.7. The molecule has 6 heteroatoms. The first-order valence-corrected chi connectivity index (χ1v) is 10.4. The van der Waals surface area contributed by atoms with Crippen molar-refractivity contribution in [2.75, 3.05) is 11.9 Å².